The fourth-order valence-corrected chi connectivity index (χ4v) is 2.38. The Morgan fingerprint density at radius 3 is 2.28 bits per heavy atom. The van der Waals surface area contributed by atoms with Gasteiger partial charge in [-0.2, -0.15) is 5.26 Å². The lowest BCUT2D eigenvalue weighted by Gasteiger charge is -2.26. The summed E-state index contributed by atoms with van der Waals surface area (Å²) in [4.78, 5) is 2.23. The van der Waals surface area contributed by atoms with E-state index in [1.165, 1.54) is 31.7 Å². The van der Waals surface area contributed by atoms with E-state index in [1.54, 1.807) is 6.07 Å². The Hall–Kier alpha value is -1.56. The van der Waals surface area contributed by atoms with Gasteiger partial charge in [-0.1, -0.05) is 6.07 Å². The molecule has 0 bridgehead atoms. The number of hydrogen-bond donors (Lipinski definition) is 0. The van der Waals surface area contributed by atoms with Crippen LogP contribution in [0.15, 0.2) is 18.2 Å². The van der Waals surface area contributed by atoms with Gasteiger partial charge in [-0.3, -0.25) is 0 Å². The summed E-state index contributed by atoms with van der Waals surface area (Å²) in [5, 5.41) is 9.13. The van der Waals surface area contributed by atoms with Gasteiger partial charge in [0, 0.05) is 13.1 Å². The number of halogens is 1. The van der Waals surface area contributed by atoms with Crippen LogP contribution in [0.5, 0.6) is 0 Å². The first-order valence-electron chi connectivity index (χ1n) is 6.71. The first-order chi connectivity index (χ1) is 8.78. The molecule has 0 radical (unpaired) electrons. The van der Waals surface area contributed by atoms with Crippen molar-refractivity contribution in [3.05, 3.63) is 29.6 Å². The Balaban J connectivity index is 1.87. The number of benzene rings is 1. The molecule has 2 nitrogen and oxygen atoms in total. The van der Waals surface area contributed by atoms with E-state index in [2.05, 4.69) is 4.90 Å². The van der Waals surface area contributed by atoms with Gasteiger partial charge in [0.2, 0.25) is 0 Å². The predicted octanol–water partition coefficient (Wildman–Crippen LogP) is 3.32. The summed E-state index contributed by atoms with van der Waals surface area (Å²) < 4.78 is 13.7. The summed E-state index contributed by atoms with van der Waals surface area (Å²) in [7, 11) is 0. The fourth-order valence-electron chi connectivity index (χ4n) is 2.38. The first-order valence-corrected chi connectivity index (χ1v) is 6.71. The third-order valence-electron chi connectivity index (χ3n) is 3.80. The van der Waals surface area contributed by atoms with E-state index in [1.807, 2.05) is 12.1 Å². The summed E-state index contributed by atoms with van der Waals surface area (Å²) >= 11 is 0. The highest BCUT2D eigenvalue weighted by molar-refractivity contribution is 5.60. The van der Waals surface area contributed by atoms with Crippen LogP contribution in [-0.4, -0.2) is 13.1 Å². The molecule has 0 atom stereocenters. The van der Waals surface area contributed by atoms with E-state index in [0.29, 0.717) is 0 Å². The van der Waals surface area contributed by atoms with Crippen LogP contribution < -0.4 is 4.90 Å². The zero-order valence-electron chi connectivity index (χ0n) is 10.4. The second-order valence-corrected chi connectivity index (χ2v) is 5.54. The van der Waals surface area contributed by atoms with E-state index in [4.69, 9.17) is 5.26 Å². The highest BCUT2D eigenvalue weighted by Gasteiger charge is 2.30. The predicted molar refractivity (Wildman–Crippen MR) is 68.8 cm³/mol. The van der Waals surface area contributed by atoms with Crippen molar-refractivity contribution in [3.63, 3.8) is 0 Å². The van der Waals surface area contributed by atoms with E-state index >= 15 is 0 Å². The van der Waals surface area contributed by atoms with Crippen molar-refractivity contribution in [3.8, 4) is 6.07 Å². The van der Waals surface area contributed by atoms with Crippen LogP contribution >= 0.6 is 0 Å². The van der Waals surface area contributed by atoms with Crippen LogP contribution in [0.25, 0.3) is 0 Å². The topological polar surface area (TPSA) is 27.0 Å². The maximum absolute atomic E-state index is 13.7. The minimum atomic E-state index is -0.397. The molecule has 0 saturated heterocycles. The molecule has 1 aromatic carbocycles. The molecular weight excluding hydrogens is 227 g/mol. The normalized spacial score (nSPS) is 18.4. The molecule has 18 heavy (non-hydrogen) atoms. The molecule has 2 aliphatic carbocycles. The van der Waals surface area contributed by atoms with Crippen molar-refractivity contribution in [2.45, 2.75) is 25.7 Å². The lowest BCUT2D eigenvalue weighted by atomic mass is 10.1. The van der Waals surface area contributed by atoms with E-state index < -0.39 is 5.82 Å². The molecule has 2 saturated carbocycles. The number of hydrogen-bond acceptors (Lipinski definition) is 2. The molecular formula is C15H17FN2. The summed E-state index contributed by atoms with van der Waals surface area (Å²) in [6.07, 6.45) is 5.10. The molecule has 0 aromatic heterocycles. The summed E-state index contributed by atoms with van der Waals surface area (Å²) in [6, 6.07) is 6.97. The molecule has 0 amide bonds. The van der Waals surface area contributed by atoms with Gasteiger partial charge in [0.25, 0.3) is 0 Å². The van der Waals surface area contributed by atoms with Gasteiger partial charge >= 0.3 is 0 Å². The summed E-state index contributed by atoms with van der Waals surface area (Å²) in [5.74, 6) is 1.10. The maximum Gasteiger partial charge on any atom is 0.143 e. The average Bonchev–Trinajstić information content (AvgIpc) is 3.22. The van der Waals surface area contributed by atoms with Gasteiger partial charge in [-0.05, 0) is 49.7 Å². The number of nitriles is 1. The molecule has 0 N–H and O–H groups in total. The standard InChI is InChI=1S/C15H17FN2/c16-14-2-1-3-15(13(14)8-17)18(9-11-4-5-11)10-12-6-7-12/h1-3,11-12H,4-7,9-10H2. The monoisotopic (exact) mass is 244 g/mol. The number of rotatable bonds is 5. The molecule has 0 aliphatic heterocycles. The van der Waals surface area contributed by atoms with E-state index in [-0.39, 0.29) is 5.56 Å². The molecule has 0 unspecified atom stereocenters. The minimum Gasteiger partial charge on any atom is -0.370 e. The van der Waals surface area contributed by atoms with E-state index in [9.17, 15) is 4.39 Å². The molecule has 94 valence electrons. The van der Waals surface area contributed by atoms with Gasteiger partial charge in [0.1, 0.15) is 17.4 Å². The fraction of sp³-hybridized carbons (Fsp3) is 0.533. The van der Waals surface area contributed by atoms with Crippen LogP contribution in [-0.2, 0) is 0 Å². The van der Waals surface area contributed by atoms with Gasteiger partial charge in [-0.15, -0.1) is 0 Å². The molecule has 2 aliphatic rings. The Bertz CT molecular complexity index is 470. The van der Waals surface area contributed by atoms with Crippen LogP contribution in [0.1, 0.15) is 31.2 Å². The van der Waals surface area contributed by atoms with Crippen molar-refractivity contribution in [2.75, 3.05) is 18.0 Å². The Morgan fingerprint density at radius 2 is 1.78 bits per heavy atom. The highest BCUT2D eigenvalue weighted by Crippen LogP contribution is 2.36. The SMILES string of the molecule is N#Cc1c(F)cccc1N(CC1CC1)CC1CC1. The average molecular weight is 244 g/mol. The Kier molecular flexibility index (Phi) is 2.95. The number of anilines is 1. The smallest absolute Gasteiger partial charge is 0.143 e. The van der Waals surface area contributed by atoms with E-state index in [0.717, 1.165) is 30.6 Å². The summed E-state index contributed by atoms with van der Waals surface area (Å²) in [5.41, 5.74) is 0.995. The highest BCUT2D eigenvalue weighted by atomic mass is 19.1. The van der Waals surface area contributed by atoms with Crippen LogP contribution in [0.2, 0.25) is 0 Å². The van der Waals surface area contributed by atoms with Crippen molar-refractivity contribution >= 4 is 5.69 Å². The lowest BCUT2D eigenvalue weighted by molar-refractivity contribution is 0.618. The second kappa shape index (κ2) is 4.61. The van der Waals surface area contributed by atoms with Crippen molar-refractivity contribution in [1.82, 2.24) is 0 Å². The largest absolute Gasteiger partial charge is 0.370 e. The zero-order chi connectivity index (χ0) is 12.5. The Labute approximate surface area is 107 Å². The van der Waals surface area contributed by atoms with Gasteiger partial charge in [0.15, 0.2) is 0 Å². The quantitative estimate of drug-likeness (QED) is 0.794. The number of nitrogens with zero attached hydrogens (tertiary/aromatic N) is 2. The molecule has 2 fully saturated rings. The molecule has 0 heterocycles. The van der Waals surface area contributed by atoms with Crippen molar-refractivity contribution < 1.29 is 4.39 Å². The van der Waals surface area contributed by atoms with Crippen LogP contribution in [0, 0.1) is 29.0 Å². The third-order valence-corrected chi connectivity index (χ3v) is 3.80. The molecule has 1 aromatic rings. The Morgan fingerprint density at radius 1 is 1.17 bits per heavy atom. The zero-order valence-corrected chi connectivity index (χ0v) is 10.4. The first kappa shape index (κ1) is 11.5. The van der Waals surface area contributed by atoms with Gasteiger partial charge < -0.3 is 4.90 Å². The second-order valence-electron chi connectivity index (χ2n) is 5.54. The minimum absolute atomic E-state index is 0.207. The van der Waals surface area contributed by atoms with Crippen LogP contribution in [0.3, 0.4) is 0 Å². The van der Waals surface area contributed by atoms with Crippen molar-refractivity contribution in [2.24, 2.45) is 11.8 Å². The van der Waals surface area contributed by atoms with Gasteiger partial charge in [-0.25, -0.2) is 4.39 Å². The summed E-state index contributed by atoms with van der Waals surface area (Å²) in [6.45, 7) is 1.96. The van der Waals surface area contributed by atoms with Crippen molar-refractivity contribution in [1.29, 1.82) is 5.26 Å². The maximum atomic E-state index is 13.7. The molecule has 3 heteroatoms. The molecule has 3 rings (SSSR count). The van der Waals surface area contributed by atoms with Crippen LogP contribution in [0.4, 0.5) is 10.1 Å². The van der Waals surface area contributed by atoms with Gasteiger partial charge in [0.05, 0.1) is 5.69 Å². The molecule has 0 spiro atoms. The lowest BCUT2D eigenvalue weighted by Crippen LogP contribution is -2.29. The third kappa shape index (κ3) is 2.48.